The van der Waals surface area contributed by atoms with Crippen molar-refractivity contribution in [3.05, 3.63) is 96.4 Å². The van der Waals surface area contributed by atoms with Crippen molar-refractivity contribution in [2.75, 3.05) is 5.32 Å². The number of fused-ring (bicyclic) bond motifs is 1. The molecule has 4 nitrogen and oxygen atoms in total. The Bertz CT molecular complexity index is 1090. The number of hydrogen-bond donors (Lipinski definition) is 1. The van der Waals surface area contributed by atoms with Gasteiger partial charge in [-0.2, -0.15) is 0 Å². The molecular formula is C23H19FN2O2. The molecule has 0 unspecified atom stereocenters. The Morgan fingerprint density at radius 3 is 2.50 bits per heavy atom. The van der Waals surface area contributed by atoms with E-state index >= 15 is 0 Å². The minimum Gasteiger partial charge on any atom is -0.488 e. The van der Waals surface area contributed by atoms with Gasteiger partial charge in [0, 0.05) is 17.3 Å². The Balaban J connectivity index is 1.48. The predicted octanol–water partition coefficient (Wildman–Crippen LogP) is 5.00. The Hall–Kier alpha value is -3.60. The highest BCUT2D eigenvalue weighted by atomic mass is 19.1. The number of nitrogens with zero attached hydrogens (tertiary/aromatic N) is 1. The van der Waals surface area contributed by atoms with Gasteiger partial charge in [0.15, 0.2) is 0 Å². The summed E-state index contributed by atoms with van der Waals surface area (Å²) in [4.78, 5) is 12.3. The number of anilines is 1. The molecule has 4 aromatic rings. The molecule has 0 atom stereocenters. The average molecular weight is 374 g/mol. The number of halogens is 1. The van der Waals surface area contributed by atoms with Crippen LogP contribution in [0.5, 0.6) is 5.75 Å². The van der Waals surface area contributed by atoms with E-state index in [0.717, 1.165) is 22.2 Å². The van der Waals surface area contributed by atoms with Gasteiger partial charge < -0.3 is 14.6 Å². The molecule has 5 heteroatoms. The van der Waals surface area contributed by atoms with Gasteiger partial charge in [-0.1, -0.05) is 36.4 Å². The summed E-state index contributed by atoms with van der Waals surface area (Å²) in [7, 11) is 0. The van der Waals surface area contributed by atoms with Crippen molar-refractivity contribution < 1.29 is 13.9 Å². The van der Waals surface area contributed by atoms with Crippen LogP contribution in [0.4, 0.5) is 10.1 Å². The van der Waals surface area contributed by atoms with Crippen LogP contribution in [0.1, 0.15) is 5.56 Å². The maximum Gasteiger partial charge on any atom is 0.244 e. The highest BCUT2D eigenvalue weighted by Gasteiger charge is 2.10. The fourth-order valence-corrected chi connectivity index (χ4v) is 3.08. The summed E-state index contributed by atoms with van der Waals surface area (Å²) in [5.74, 6) is 0.260. The third kappa shape index (κ3) is 4.04. The average Bonchev–Trinajstić information content (AvgIpc) is 3.12. The zero-order valence-corrected chi connectivity index (χ0v) is 15.1. The number of ether oxygens (including phenoxy) is 1. The van der Waals surface area contributed by atoms with Crippen molar-refractivity contribution >= 4 is 22.5 Å². The maximum atomic E-state index is 13.0. The molecule has 0 aliphatic rings. The summed E-state index contributed by atoms with van der Waals surface area (Å²) >= 11 is 0. The molecule has 28 heavy (non-hydrogen) atoms. The highest BCUT2D eigenvalue weighted by molar-refractivity contribution is 5.93. The van der Waals surface area contributed by atoms with Gasteiger partial charge in [-0.25, -0.2) is 4.39 Å². The zero-order chi connectivity index (χ0) is 19.3. The number of carbonyl (C=O) groups excluding carboxylic acids is 1. The summed E-state index contributed by atoms with van der Waals surface area (Å²) in [6.45, 7) is 0.638. The van der Waals surface area contributed by atoms with Gasteiger partial charge in [-0.05, 0) is 48.0 Å². The van der Waals surface area contributed by atoms with E-state index < -0.39 is 0 Å². The van der Waals surface area contributed by atoms with Crippen LogP contribution in [-0.4, -0.2) is 10.5 Å². The molecule has 0 radical (unpaired) electrons. The molecule has 4 rings (SSSR count). The smallest absolute Gasteiger partial charge is 0.244 e. The molecule has 0 bridgehead atoms. The molecular weight excluding hydrogens is 355 g/mol. The van der Waals surface area contributed by atoms with Gasteiger partial charge in [0.25, 0.3) is 0 Å². The van der Waals surface area contributed by atoms with Gasteiger partial charge in [0.2, 0.25) is 5.91 Å². The van der Waals surface area contributed by atoms with Crippen LogP contribution >= 0.6 is 0 Å². The van der Waals surface area contributed by atoms with E-state index in [1.165, 1.54) is 24.3 Å². The molecule has 140 valence electrons. The Kier molecular flexibility index (Phi) is 5.06. The summed E-state index contributed by atoms with van der Waals surface area (Å²) in [6, 6.07) is 23.4. The van der Waals surface area contributed by atoms with Crippen LogP contribution in [-0.2, 0) is 17.9 Å². The lowest BCUT2D eigenvalue weighted by Gasteiger charge is -2.10. The second kappa shape index (κ2) is 7.96. The second-order valence-electron chi connectivity index (χ2n) is 6.46. The third-order valence-corrected chi connectivity index (χ3v) is 4.45. The van der Waals surface area contributed by atoms with Crippen molar-refractivity contribution in [1.29, 1.82) is 0 Å². The molecule has 1 N–H and O–H groups in total. The number of carbonyl (C=O) groups is 1. The van der Waals surface area contributed by atoms with Crippen LogP contribution in [0.2, 0.25) is 0 Å². The fraction of sp³-hybridized carbons (Fsp3) is 0.0870. The third-order valence-electron chi connectivity index (χ3n) is 4.45. The van der Waals surface area contributed by atoms with E-state index in [-0.39, 0.29) is 18.3 Å². The van der Waals surface area contributed by atoms with Crippen LogP contribution in [0.25, 0.3) is 10.9 Å². The van der Waals surface area contributed by atoms with E-state index in [4.69, 9.17) is 4.74 Å². The predicted molar refractivity (Wildman–Crippen MR) is 108 cm³/mol. The number of benzene rings is 3. The van der Waals surface area contributed by atoms with E-state index in [1.807, 2.05) is 65.4 Å². The number of rotatable bonds is 6. The SMILES string of the molecule is O=C(Cn1ccc2c(OCc3ccccc3)cccc21)Nc1ccc(F)cc1. The number of aromatic nitrogens is 1. The minimum absolute atomic E-state index is 0.156. The summed E-state index contributed by atoms with van der Waals surface area (Å²) < 4.78 is 20.8. The Morgan fingerprint density at radius 2 is 1.71 bits per heavy atom. The summed E-state index contributed by atoms with van der Waals surface area (Å²) in [5.41, 5.74) is 2.58. The monoisotopic (exact) mass is 374 g/mol. The molecule has 1 amide bonds. The van der Waals surface area contributed by atoms with E-state index in [1.54, 1.807) is 0 Å². The molecule has 0 fully saturated rings. The summed E-state index contributed by atoms with van der Waals surface area (Å²) in [6.07, 6.45) is 1.87. The quantitative estimate of drug-likeness (QED) is 0.516. The lowest BCUT2D eigenvalue weighted by molar-refractivity contribution is -0.116. The number of hydrogen-bond acceptors (Lipinski definition) is 2. The van der Waals surface area contributed by atoms with Crippen molar-refractivity contribution in [3.63, 3.8) is 0 Å². The molecule has 0 saturated carbocycles. The topological polar surface area (TPSA) is 43.3 Å². The lowest BCUT2D eigenvalue weighted by atomic mass is 10.2. The highest BCUT2D eigenvalue weighted by Crippen LogP contribution is 2.27. The van der Waals surface area contributed by atoms with Gasteiger partial charge in [-0.15, -0.1) is 0 Å². The van der Waals surface area contributed by atoms with Crippen LogP contribution in [0.3, 0.4) is 0 Å². The van der Waals surface area contributed by atoms with Crippen LogP contribution < -0.4 is 10.1 Å². The fourth-order valence-electron chi connectivity index (χ4n) is 3.08. The first-order chi connectivity index (χ1) is 13.7. The first-order valence-electron chi connectivity index (χ1n) is 8.99. The maximum absolute atomic E-state index is 13.0. The minimum atomic E-state index is -0.336. The number of amides is 1. The van der Waals surface area contributed by atoms with Gasteiger partial charge in [0.05, 0.1) is 5.52 Å². The van der Waals surface area contributed by atoms with Gasteiger partial charge in [0.1, 0.15) is 24.7 Å². The van der Waals surface area contributed by atoms with Crippen molar-refractivity contribution in [1.82, 2.24) is 4.57 Å². The molecule has 0 aliphatic heterocycles. The molecule has 0 aliphatic carbocycles. The molecule has 3 aromatic carbocycles. The van der Waals surface area contributed by atoms with Crippen molar-refractivity contribution in [2.24, 2.45) is 0 Å². The number of nitrogens with one attached hydrogen (secondary N) is 1. The van der Waals surface area contributed by atoms with E-state index in [9.17, 15) is 9.18 Å². The Morgan fingerprint density at radius 1 is 0.929 bits per heavy atom. The van der Waals surface area contributed by atoms with E-state index in [0.29, 0.717) is 12.3 Å². The molecule has 1 aromatic heterocycles. The second-order valence-corrected chi connectivity index (χ2v) is 6.46. The van der Waals surface area contributed by atoms with Crippen LogP contribution in [0.15, 0.2) is 85.1 Å². The van der Waals surface area contributed by atoms with Crippen molar-refractivity contribution in [3.8, 4) is 5.75 Å². The normalized spacial score (nSPS) is 10.8. The van der Waals surface area contributed by atoms with Gasteiger partial charge in [-0.3, -0.25) is 4.79 Å². The zero-order valence-electron chi connectivity index (χ0n) is 15.1. The first-order valence-corrected chi connectivity index (χ1v) is 8.99. The molecule has 0 spiro atoms. The Labute approximate surface area is 162 Å². The van der Waals surface area contributed by atoms with Gasteiger partial charge >= 0.3 is 0 Å². The standard InChI is InChI=1S/C23H19FN2O2/c24-18-9-11-19(12-10-18)25-23(27)15-26-14-13-20-21(26)7-4-8-22(20)28-16-17-5-2-1-3-6-17/h1-14H,15-16H2,(H,25,27). The molecule has 0 saturated heterocycles. The lowest BCUT2D eigenvalue weighted by Crippen LogP contribution is -2.18. The summed E-state index contributed by atoms with van der Waals surface area (Å²) in [5, 5.41) is 3.73. The van der Waals surface area contributed by atoms with Crippen LogP contribution in [0, 0.1) is 5.82 Å². The largest absolute Gasteiger partial charge is 0.488 e. The molecule has 1 heterocycles. The van der Waals surface area contributed by atoms with Crippen molar-refractivity contribution in [2.45, 2.75) is 13.2 Å². The first kappa shape index (κ1) is 17.8. The van der Waals surface area contributed by atoms with E-state index in [2.05, 4.69) is 5.32 Å².